The Morgan fingerprint density at radius 1 is 1.07 bits per heavy atom. The van der Waals surface area contributed by atoms with E-state index in [-0.39, 0.29) is 12.0 Å². The highest BCUT2D eigenvalue weighted by atomic mass is 16.5. The number of aryl methyl sites for hydroxylation is 1. The molecular formula is C29H28N8O4. The summed E-state index contributed by atoms with van der Waals surface area (Å²) in [5.74, 6) is 2.85. The number of aromatic nitrogens is 6. The summed E-state index contributed by atoms with van der Waals surface area (Å²) in [6, 6.07) is 9.24. The van der Waals surface area contributed by atoms with Crippen LogP contribution in [0.1, 0.15) is 18.4 Å². The lowest BCUT2D eigenvalue weighted by Crippen LogP contribution is -2.41. The number of fused-ring (bicyclic) bond motifs is 2. The Morgan fingerprint density at radius 2 is 1.93 bits per heavy atom. The minimum atomic E-state index is -0.0567. The fraction of sp³-hybridized carbons (Fsp3) is 0.241. The molecule has 5 heterocycles. The Labute approximate surface area is 235 Å². The van der Waals surface area contributed by atoms with E-state index in [9.17, 15) is 4.79 Å². The lowest BCUT2D eigenvalue weighted by atomic mass is 10.1. The number of likely N-dealkylation sites (tertiary alicyclic amines) is 1. The largest absolute Gasteiger partial charge is 0.494 e. The average Bonchev–Trinajstić information content (AvgIpc) is 3.47. The van der Waals surface area contributed by atoms with Crippen LogP contribution in [0.2, 0.25) is 0 Å². The Kier molecular flexibility index (Phi) is 7.02. The van der Waals surface area contributed by atoms with Crippen LogP contribution in [0.15, 0.2) is 68.0 Å². The van der Waals surface area contributed by atoms with E-state index < -0.39 is 0 Å². The molecule has 1 aliphatic heterocycles. The first-order valence-electron chi connectivity index (χ1n) is 13.1. The summed E-state index contributed by atoms with van der Waals surface area (Å²) in [5.41, 5.74) is 2.96. The zero-order valence-electron chi connectivity index (χ0n) is 22.6. The third-order valence-corrected chi connectivity index (χ3v) is 6.94. The van der Waals surface area contributed by atoms with Gasteiger partial charge in [-0.1, -0.05) is 6.58 Å². The fourth-order valence-electron chi connectivity index (χ4n) is 4.76. The summed E-state index contributed by atoms with van der Waals surface area (Å²) in [7, 11) is 1.60. The minimum absolute atomic E-state index is 0.0457. The van der Waals surface area contributed by atoms with Crippen molar-refractivity contribution in [3.8, 4) is 23.1 Å². The first-order chi connectivity index (χ1) is 20.0. The number of pyridine rings is 2. The number of anilines is 2. The fourth-order valence-corrected chi connectivity index (χ4v) is 4.76. The molecule has 0 unspecified atom stereocenters. The number of amides is 1. The van der Waals surface area contributed by atoms with Crippen LogP contribution in [0.5, 0.6) is 23.1 Å². The Bertz CT molecular complexity index is 1750. The number of carbonyl (C=O) groups is 1. The van der Waals surface area contributed by atoms with Gasteiger partial charge in [0.1, 0.15) is 41.8 Å². The number of benzene rings is 1. The first-order valence-corrected chi connectivity index (χ1v) is 13.1. The highest BCUT2D eigenvalue weighted by molar-refractivity contribution is 5.91. The molecule has 41 heavy (non-hydrogen) atoms. The van der Waals surface area contributed by atoms with Crippen LogP contribution in [-0.4, -0.2) is 66.7 Å². The van der Waals surface area contributed by atoms with Gasteiger partial charge in [0, 0.05) is 55.7 Å². The SMILES string of the molecule is C=CC(=O)N1CCC(Oc2cc3c(Nc4cc(C)c(Oc5ccn6ncnc6c5)cc4OC)ncnc3cn2)CC1. The van der Waals surface area contributed by atoms with E-state index in [1.807, 2.05) is 37.3 Å². The quantitative estimate of drug-likeness (QED) is 0.275. The predicted octanol–water partition coefficient (Wildman–Crippen LogP) is 4.48. The molecular weight excluding hydrogens is 524 g/mol. The molecule has 0 bridgehead atoms. The second-order valence-corrected chi connectivity index (χ2v) is 9.58. The highest BCUT2D eigenvalue weighted by Crippen LogP contribution is 2.37. The van der Waals surface area contributed by atoms with Crippen molar-refractivity contribution in [3.63, 3.8) is 0 Å². The van der Waals surface area contributed by atoms with Crippen molar-refractivity contribution < 1.29 is 19.0 Å². The van der Waals surface area contributed by atoms with Crippen molar-refractivity contribution in [2.75, 3.05) is 25.5 Å². The van der Waals surface area contributed by atoms with Gasteiger partial charge in [0.25, 0.3) is 0 Å². The molecule has 0 spiro atoms. The van der Waals surface area contributed by atoms with Crippen LogP contribution in [0, 0.1) is 6.92 Å². The molecule has 12 heteroatoms. The van der Waals surface area contributed by atoms with Crippen molar-refractivity contribution in [2.24, 2.45) is 0 Å². The maximum Gasteiger partial charge on any atom is 0.245 e. The molecule has 1 fully saturated rings. The number of nitrogens with one attached hydrogen (secondary N) is 1. The normalized spacial score (nSPS) is 13.8. The van der Waals surface area contributed by atoms with Crippen molar-refractivity contribution in [1.82, 2.24) is 34.4 Å². The number of rotatable bonds is 8. The molecule has 5 aromatic rings. The number of piperidine rings is 1. The molecule has 0 atom stereocenters. The van der Waals surface area contributed by atoms with Crippen LogP contribution in [0.25, 0.3) is 16.6 Å². The second-order valence-electron chi connectivity index (χ2n) is 9.58. The molecule has 6 rings (SSSR count). The van der Waals surface area contributed by atoms with Crippen molar-refractivity contribution in [2.45, 2.75) is 25.9 Å². The van der Waals surface area contributed by atoms with Crippen LogP contribution >= 0.6 is 0 Å². The lowest BCUT2D eigenvalue weighted by Gasteiger charge is -2.31. The molecule has 1 aliphatic rings. The van der Waals surface area contributed by atoms with E-state index in [0.29, 0.717) is 71.7 Å². The van der Waals surface area contributed by atoms with Crippen molar-refractivity contribution in [3.05, 3.63) is 73.6 Å². The summed E-state index contributed by atoms with van der Waals surface area (Å²) in [4.78, 5) is 31.2. The van der Waals surface area contributed by atoms with E-state index in [2.05, 4.69) is 36.9 Å². The van der Waals surface area contributed by atoms with Gasteiger partial charge in [0.05, 0.1) is 24.5 Å². The van der Waals surface area contributed by atoms with E-state index in [1.165, 1.54) is 18.7 Å². The topological polar surface area (TPSA) is 129 Å². The number of carbonyl (C=O) groups excluding carboxylic acids is 1. The monoisotopic (exact) mass is 552 g/mol. The maximum atomic E-state index is 11.9. The van der Waals surface area contributed by atoms with E-state index in [1.54, 1.807) is 28.9 Å². The van der Waals surface area contributed by atoms with Crippen molar-refractivity contribution >= 4 is 34.0 Å². The number of hydrogen-bond acceptors (Lipinski definition) is 10. The van der Waals surface area contributed by atoms with Crippen LogP contribution < -0.4 is 19.5 Å². The smallest absolute Gasteiger partial charge is 0.245 e. The van der Waals surface area contributed by atoms with Crippen LogP contribution in [0.3, 0.4) is 0 Å². The minimum Gasteiger partial charge on any atom is -0.494 e. The Morgan fingerprint density at radius 3 is 2.73 bits per heavy atom. The third-order valence-electron chi connectivity index (χ3n) is 6.94. The van der Waals surface area contributed by atoms with E-state index in [4.69, 9.17) is 14.2 Å². The van der Waals surface area contributed by atoms with Crippen LogP contribution in [-0.2, 0) is 4.79 Å². The molecule has 0 aliphatic carbocycles. The summed E-state index contributed by atoms with van der Waals surface area (Å²) >= 11 is 0. The van der Waals surface area contributed by atoms with E-state index >= 15 is 0 Å². The molecule has 0 saturated carbocycles. The average molecular weight is 553 g/mol. The zero-order valence-corrected chi connectivity index (χ0v) is 22.6. The number of hydrogen-bond donors (Lipinski definition) is 1. The highest BCUT2D eigenvalue weighted by Gasteiger charge is 2.23. The van der Waals surface area contributed by atoms with Crippen molar-refractivity contribution in [1.29, 1.82) is 0 Å². The van der Waals surface area contributed by atoms with Gasteiger partial charge in [-0.2, -0.15) is 5.10 Å². The molecule has 208 valence electrons. The third kappa shape index (κ3) is 5.44. The van der Waals surface area contributed by atoms with Gasteiger partial charge in [0.15, 0.2) is 5.65 Å². The van der Waals surface area contributed by atoms with Gasteiger partial charge in [-0.25, -0.2) is 24.5 Å². The summed E-state index contributed by atoms with van der Waals surface area (Å²) < 4.78 is 19.7. The molecule has 4 aromatic heterocycles. The number of nitrogens with zero attached hydrogens (tertiary/aromatic N) is 7. The predicted molar refractivity (Wildman–Crippen MR) is 152 cm³/mol. The maximum absolute atomic E-state index is 11.9. The van der Waals surface area contributed by atoms with Gasteiger partial charge in [0.2, 0.25) is 11.8 Å². The summed E-state index contributed by atoms with van der Waals surface area (Å²) in [6.45, 7) is 6.76. The summed E-state index contributed by atoms with van der Waals surface area (Å²) in [5, 5.41) is 8.25. The second kappa shape index (κ2) is 11.1. The van der Waals surface area contributed by atoms with Gasteiger partial charge in [-0.3, -0.25) is 4.79 Å². The molecule has 1 amide bonds. The Balaban J connectivity index is 1.22. The summed E-state index contributed by atoms with van der Waals surface area (Å²) in [6.07, 6.45) is 9.16. The number of methoxy groups -OCH3 is 1. The first kappa shape index (κ1) is 26.0. The number of ether oxygens (including phenoxy) is 3. The van der Waals surface area contributed by atoms with Gasteiger partial charge in [-0.15, -0.1) is 0 Å². The Hall–Kier alpha value is -5.26. The molecule has 0 radical (unpaired) electrons. The molecule has 1 aromatic carbocycles. The molecule has 12 nitrogen and oxygen atoms in total. The standard InChI is InChI=1S/C29H28N8O4/c1-4-28(38)36-8-5-19(6-9-36)41-27-13-21-23(15-30-27)31-16-33-29(21)35-22-11-18(2)24(14-25(22)39-3)40-20-7-10-37-26(12-20)32-17-34-37/h4,7,10-17,19H,1,5-6,8-9H2,2-3H3,(H,31,33,35). The molecule has 1 N–H and O–H groups in total. The van der Waals surface area contributed by atoms with Gasteiger partial charge < -0.3 is 24.4 Å². The van der Waals surface area contributed by atoms with Gasteiger partial charge >= 0.3 is 0 Å². The lowest BCUT2D eigenvalue weighted by molar-refractivity contribution is -0.127. The van der Waals surface area contributed by atoms with Crippen LogP contribution in [0.4, 0.5) is 11.5 Å². The molecule has 1 saturated heterocycles. The zero-order chi connectivity index (χ0) is 28.3. The van der Waals surface area contributed by atoms with E-state index in [0.717, 1.165) is 10.9 Å². The van der Waals surface area contributed by atoms with Gasteiger partial charge in [-0.05, 0) is 30.7 Å².